The molecule has 0 saturated heterocycles. The Balaban J connectivity index is 1.75. The van der Waals surface area contributed by atoms with Gasteiger partial charge in [-0.25, -0.2) is 4.79 Å². The Kier molecular flexibility index (Phi) is 5.07. The first kappa shape index (κ1) is 17.7. The van der Waals surface area contributed by atoms with Gasteiger partial charge < -0.3 is 14.5 Å². The van der Waals surface area contributed by atoms with Crippen LogP contribution in [0.4, 0.5) is 0 Å². The molecule has 0 fully saturated rings. The lowest BCUT2D eigenvalue weighted by molar-refractivity contribution is -0.120. The molecule has 0 bridgehead atoms. The molecule has 5 nitrogen and oxygen atoms in total. The molecule has 0 radical (unpaired) electrons. The quantitative estimate of drug-likeness (QED) is 0.716. The first-order valence-corrected chi connectivity index (χ1v) is 8.40. The lowest BCUT2D eigenvalue weighted by Gasteiger charge is -2.10. The van der Waals surface area contributed by atoms with Crippen molar-refractivity contribution in [2.45, 2.75) is 26.8 Å². The Morgan fingerprint density at radius 2 is 1.77 bits per heavy atom. The maximum absolute atomic E-state index is 12.2. The minimum Gasteiger partial charge on any atom is -0.497 e. The molecule has 0 saturated carbocycles. The smallest absolute Gasteiger partial charge is 0.336 e. The first-order valence-electron chi connectivity index (χ1n) is 8.40. The second-order valence-corrected chi connectivity index (χ2v) is 6.32. The fraction of sp³-hybridized carbons (Fsp3) is 0.238. The van der Waals surface area contributed by atoms with Crippen LogP contribution in [-0.4, -0.2) is 13.0 Å². The average molecular weight is 351 g/mol. The Morgan fingerprint density at radius 1 is 1.08 bits per heavy atom. The number of ether oxygens (including phenoxy) is 1. The standard InChI is InChI=1S/C21H21NO4/c1-13-8-18-16(11-21(24)26-19(18)9-14(13)2)12-22-20(23)10-15-4-6-17(25-3)7-5-15/h4-9,11H,10,12H2,1-3H3,(H,22,23). The normalized spacial score (nSPS) is 10.7. The minimum atomic E-state index is -0.417. The number of fused-ring (bicyclic) bond motifs is 1. The number of rotatable bonds is 5. The van der Waals surface area contributed by atoms with Gasteiger partial charge in [-0.05, 0) is 60.4 Å². The van der Waals surface area contributed by atoms with Crippen LogP contribution in [0.2, 0.25) is 0 Å². The zero-order chi connectivity index (χ0) is 18.7. The first-order chi connectivity index (χ1) is 12.5. The number of carbonyl (C=O) groups is 1. The van der Waals surface area contributed by atoms with Gasteiger partial charge >= 0.3 is 5.63 Å². The molecule has 3 aromatic rings. The van der Waals surface area contributed by atoms with Crippen molar-refractivity contribution in [3.05, 3.63) is 75.1 Å². The predicted molar refractivity (Wildman–Crippen MR) is 101 cm³/mol. The summed E-state index contributed by atoms with van der Waals surface area (Å²) in [6.07, 6.45) is 0.265. The van der Waals surface area contributed by atoms with E-state index in [2.05, 4.69) is 5.32 Å². The van der Waals surface area contributed by atoms with Gasteiger partial charge in [0.2, 0.25) is 5.91 Å². The van der Waals surface area contributed by atoms with E-state index in [1.54, 1.807) is 7.11 Å². The summed E-state index contributed by atoms with van der Waals surface area (Å²) in [6.45, 7) is 4.25. The highest BCUT2D eigenvalue weighted by atomic mass is 16.5. The molecule has 1 aromatic heterocycles. The van der Waals surface area contributed by atoms with E-state index < -0.39 is 5.63 Å². The van der Waals surface area contributed by atoms with Crippen molar-refractivity contribution in [3.63, 3.8) is 0 Å². The van der Waals surface area contributed by atoms with Crippen LogP contribution in [0.15, 0.2) is 51.7 Å². The summed E-state index contributed by atoms with van der Waals surface area (Å²) in [4.78, 5) is 24.0. The van der Waals surface area contributed by atoms with E-state index in [4.69, 9.17) is 9.15 Å². The van der Waals surface area contributed by atoms with Gasteiger partial charge in [0.05, 0.1) is 13.5 Å². The van der Waals surface area contributed by atoms with E-state index in [-0.39, 0.29) is 18.9 Å². The molecule has 2 aromatic carbocycles. The molecule has 1 amide bonds. The zero-order valence-electron chi connectivity index (χ0n) is 15.1. The molecule has 1 heterocycles. The van der Waals surface area contributed by atoms with Gasteiger partial charge in [-0.15, -0.1) is 0 Å². The molecule has 3 rings (SSSR count). The predicted octanol–water partition coefficient (Wildman–Crippen LogP) is 3.28. The van der Waals surface area contributed by atoms with E-state index >= 15 is 0 Å². The van der Waals surface area contributed by atoms with Crippen molar-refractivity contribution >= 4 is 16.9 Å². The van der Waals surface area contributed by atoms with Gasteiger partial charge in [-0.3, -0.25) is 4.79 Å². The summed E-state index contributed by atoms with van der Waals surface area (Å²) in [7, 11) is 1.60. The van der Waals surface area contributed by atoms with Crippen molar-refractivity contribution in [3.8, 4) is 5.75 Å². The molecule has 0 aliphatic heterocycles. The molecule has 26 heavy (non-hydrogen) atoms. The highest BCUT2D eigenvalue weighted by Gasteiger charge is 2.10. The van der Waals surface area contributed by atoms with Gasteiger partial charge in [-0.1, -0.05) is 12.1 Å². The minimum absolute atomic E-state index is 0.111. The maximum Gasteiger partial charge on any atom is 0.336 e. The average Bonchev–Trinajstić information content (AvgIpc) is 2.62. The molecular formula is C21H21NO4. The van der Waals surface area contributed by atoms with Gasteiger partial charge in [0.1, 0.15) is 11.3 Å². The van der Waals surface area contributed by atoms with E-state index in [0.717, 1.165) is 33.4 Å². The van der Waals surface area contributed by atoms with Crippen LogP contribution in [0.1, 0.15) is 22.3 Å². The highest BCUT2D eigenvalue weighted by molar-refractivity contribution is 5.83. The summed E-state index contributed by atoms with van der Waals surface area (Å²) in [6, 6.07) is 12.6. The monoisotopic (exact) mass is 351 g/mol. The highest BCUT2D eigenvalue weighted by Crippen LogP contribution is 2.21. The number of hydrogen-bond donors (Lipinski definition) is 1. The van der Waals surface area contributed by atoms with Gasteiger partial charge in [0.15, 0.2) is 0 Å². The number of hydrogen-bond acceptors (Lipinski definition) is 4. The van der Waals surface area contributed by atoms with Crippen LogP contribution in [-0.2, 0) is 17.8 Å². The molecule has 0 atom stereocenters. The second kappa shape index (κ2) is 7.44. The summed E-state index contributed by atoms with van der Waals surface area (Å²) in [5.41, 5.74) is 3.94. The second-order valence-electron chi connectivity index (χ2n) is 6.32. The van der Waals surface area contributed by atoms with Crippen molar-refractivity contribution in [2.24, 2.45) is 0 Å². The summed E-state index contributed by atoms with van der Waals surface area (Å²) in [5, 5.41) is 3.72. The van der Waals surface area contributed by atoms with Crippen molar-refractivity contribution in [2.75, 3.05) is 7.11 Å². The van der Waals surface area contributed by atoms with Crippen LogP contribution in [0.25, 0.3) is 11.0 Å². The number of amides is 1. The lowest BCUT2D eigenvalue weighted by Crippen LogP contribution is -2.25. The fourth-order valence-electron chi connectivity index (χ4n) is 2.81. The topological polar surface area (TPSA) is 68.5 Å². The summed E-state index contributed by atoms with van der Waals surface area (Å²) in [5.74, 6) is 0.641. The van der Waals surface area contributed by atoms with Gasteiger partial charge in [0, 0.05) is 18.0 Å². The van der Waals surface area contributed by atoms with Crippen LogP contribution in [0, 0.1) is 13.8 Å². The molecule has 0 aliphatic rings. The SMILES string of the molecule is COc1ccc(CC(=O)NCc2cc(=O)oc3cc(C)c(C)cc23)cc1. The Hall–Kier alpha value is -3.08. The molecule has 134 valence electrons. The third kappa shape index (κ3) is 3.94. The largest absolute Gasteiger partial charge is 0.497 e. The number of carbonyl (C=O) groups excluding carboxylic acids is 1. The molecule has 0 aliphatic carbocycles. The number of methoxy groups -OCH3 is 1. The van der Waals surface area contributed by atoms with Crippen molar-refractivity contribution < 1.29 is 13.9 Å². The molecule has 0 spiro atoms. The Bertz CT molecular complexity index is 1000. The van der Waals surface area contributed by atoms with Crippen LogP contribution in [0.5, 0.6) is 5.75 Å². The van der Waals surface area contributed by atoms with E-state index in [9.17, 15) is 9.59 Å². The maximum atomic E-state index is 12.2. The van der Waals surface area contributed by atoms with Crippen LogP contribution < -0.4 is 15.7 Å². The van der Waals surface area contributed by atoms with E-state index in [1.807, 2.05) is 50.2 Å². The van der Waals surface area contributed by atoms with Gasteiger partial charge in [-0.2, -0.15) is 0 Å². The van der Waals surface area contributed by atoms with E-state index in [0.29, 0.717) is 5.58 Å². The number of aryl methyl sites for hydroxylation is 2. The van der Waals surface area contributed by atoms with Crippen LogP contribution >= 0.6 is 0 Å². The molecule has 1 N–H and O–H groups in total. The zero-order valence-corrected chi connectivity index (χ0v) is 15.1. The number of nitrogens with one attached hydrogen (secondary N) is 1. The van der Waals surface area contributed by atoms with E-state index in [1.165, 1.54) is 6.07 Å². The third-order valence-corrected chi connectivity index (χ3v) is 4.44. The Morgan fingerprint density at radius 3 is 2.46 bits per heavy atom. The molecule has 0 unspecified atom stereocenters. The van der Waals surface area contributed by atoms with Crippen molar-refractivity contribution in [1.29, 1.82) is 0 Å². The Labute approximate surface area is 151 Å². The lowest BCUT2D eigenvalue weighted by atomic mass is 10.0. The summed E-state index contributed by atoms with van der Waals surface area (Å²) < 4.78 is 10.4. The summed E-state index contributed by atoms with van der Waals surface area (Å²) >= 11 is 0. The third-order valence-electron chi connectivity index (χ3n) is 4.44. The fourth-order valence-corrected chi connectivity index (χ4v) is 2.81. The van der Waals surface area contributed by atoms with Crippen LogP contribution in [0.3, 0.4) is 0 Å². The van der Waals surface area contributed by atoms with Gasteiger partial charge in [0.25, 0.3) is 0 Å². The van der Waals surface area contributed by atoms with Crippen molar-refractivity contribution in [1.82, 2.24) is 5.32 Å². The number of benzene rings is 2. The molecular weight excluding hydrogens is 330 g/mol. The molecule has 5 heteroatoms.